The van der Waals surface area contributed by atoms with Crippen molar-refractivity contribution in [2.45, 2.75) is 31.9 Å². The van der Waals surface area contributed by atoms with Crippen LogP contribution in [0, 0.1) is 0 Å². The summed E-state index contributed by atoms with van der Waals surface area (Å²) in [4.78, 5) is 14.3. The zero-order valence-electron chi connectivity index (χ0n) is 10.6. The van der Waals surface area contributed by atoms with Crippen LogP contribution in [-0.2, 0) is 9.53 Å². The lowest BCUT2D eigenvalue weighted by atomic mass is 10.1. The van der Waals surface area contributed by atoms with Gasteiger partial charge in [-0.05, 0) is 32.5 Å². The molecule has 2 fully saturated rings. The lowest BCUT2D eigenvalue weighted by Gasteiger charge is -2.32. The van der Waals surface area contributed by atoms with E-state index in [0.29, 0.717) is 12.6 Å². The molecule has 2 N–H and O–H groups in total. The molecule has 2 rings (SSSR count). The standard InChI is InChI=1S/C12H23N3O2/c1-2-15-7-8-17-11(9-15)12(16)14-10-3-5-13-6-4-10/h10-11,13H,2-9H2,1H3,(H,14,16). The summed E-state index contributed by atoms with van der Waals surface area (Å²) in [5.74, 6) is 0.0649. The topological polar surface area (TPSA) is 53.6 Å². The lowest BCUT2D eigenvalue weighted by molar-refractivity contribution is -0.139. The van der Waals surface area contributed by atoms with Crippen LogP contribution in [-0.4, -0.2) is 62.3 Å². The first-order valence-electron chi connectivity index (χ1n) is 6.64. The monoisotopic (exact) mass is 241 g/mol. The van der Waals surface area contributed by atoms with E-state index in [1.165, 1.54) is 0 Å². The Morgan fingerprint density at radius 3 is 2.94 bits per heavy atom. The van der Waals surface area contributed by atoms with E-state index in [1.807, 2.05) is 0 Å². The highest BCUT2D eigenvalue weighted by molar-refractivity contribution is 5.81. The molecule has 5 nitrogen and oxygen atoms in total. The van der Waals surface area contributed by atoms with Crippen LogP contribution in [0.15, 0.2) is 0 Å². The van der Waals surface area contributed by atoms with Crippen LogP contribution in [0.25, 0.3) is 0 Å². The summed E-state index contributed by atoms with van der Waals surface area (Å²) in [6, 6.07) is 0.323. The van der Waals surface area contributed by atoms with Gasteiger partial charge in [-0.25, -0.2) is 0 Å². The molecule has 0 spiro atoms. The molecule has 0 aromatic heterocycles. The Labute approximate surface area is 103 Å². The van der Waals surface area contributed by atoms with E-state index < -0.39 is 0 Å². The molecule has 1 unspecified atom stereocenters. The Hall–Kier alpha value is -0.650. The minimum atomic E-state index is -0.279. The molecule has 0 bridgehead atoms. The van der Waals surface area contributed by atoms with Gasteiger partial charge in [0.05, 0.1) is 6.61 Å². The number of likely N-dealkylation sites (N-methyl/N-ethyl adjacent to an activating group) is 1. The number of nitrogens with zero attached hydrogens (tertiary/aromatic N) is 1. The van der Waals surface area contributed by atoms with Crippen molar-refractivity contribution in [3.63, 3.8) is 0 Å². The van der Waals surface area contributed by atoms with E-state index in [1.54, 1.807) is 0 Å². The highest BCUT2D eigenvalue weighted by Crippen LogP contribution is 2.07. The zero-order chi connectivity index (χ0) is 12.1. The van der Waals surface area contributed by atoms with E-state index >= 15 is 0 Å². The van der Waals surface area contributed by atoms with E-state index in [9.17, 15) is 4.79 Å². The Kier molecular flexibility index (Phi) is 4.76. The van der Waals surface area contributed by atoms with Crippen LogP contribution >= 0.6 is 0 Å². The number of hydrogen-bond acceptors (Lipinski definition) is 4. The van der Waals surface area contributed by atoms with Gasteiger partial charge in [0.15, 0.2) is 0 Å². The van der Waals surface area contributed by atoms with Crippen molar-refractivity contribution in [3.8, 4) is 0 Å². The Bertz CT molecular complexity index is 254. The van der Waals surface area contributed by atoms with Crippen LogP contribution in [0.1, 0.15) is 19.8 Å². The summed E-state index contributed by atoms with van der Waals surface area (Å²) in [6.07, 6.45) is 1.77. The van der Waals surface area contributed by atoms with Gasteiger partial charge in [-0.15, -0.1) is 0 Å². The largest absolute Gasteiger partial charge is 0.366 e. The van der Waals surface area contributed by atoms with E-state index in [4.69, 9.17) is 4.74 Å². The van der Waals surface area contributed by atoms with Crippen molar-refractivity contribution in [3.05, 3.63) is 0 Å². The average molecular weight is 241 g/mol. The summed E-state index contributed by atoms with van der Waals surface area (Å²) in [5.41, 5.74) is 0. The maximum Gasteiger partial charge on any atom is 0.250 e. The second-order valence-corrected chi connectivity index (χ2v) is 4.79. The fourth-order valence-corrected chi connectivity index (χ4v) is 2.41. The first-order chi connectivity index (χ1) is 8.29. The van der Waals surface area contributed by atoms with Crippen molar-refractivity contribution in [1.29, 1.82) is 0 Å². The van der Waals surface area contributed by atoms with Crippen LogP contribution in [0.5, 0.6) is 0 Å². The van der Waals surface area contributed by atoms with Gasteiger partial charge in [0.25, 0.3) is 5.91 Å². The van der Waals surface area contributed by atoms with Gasteiger partial charge in [0, 0.05) is 19.1 Å². The number of rotatable bonds is 3. The molecule has 0 radical (unpaired) electrons. The third-order valence-electron chi connectivity index (χ3n) is 3.58. The minimum Gasteiger partial charge on any atom is -0.366 e. The van der Waals surface area contributed by atoms with Crippen molar-refractivity contribution in [2.24, 2.45) is 0 Å². The SMILES string of the molecule is CCN1CCOC(C(=O)NC2CCNCC2)C1. The fraction of sp³-hybridized carbons (Fsp3) is 0.917. The smallest absolute Gasteiger partial charge is 0.250 e. The van der Waals surface area contributed by atoms with Crippen LogP contribution < -0.4 is 10.6 Å². The third kappa shape index (κ3) is 3.66. The maximum absolute atomic E-state index is 12.0. The molecular weight excluding hydrogens is 218 g/mol. The van der Waals surface area contributed by atoms with Crippen LogP contribution in [0.3, 0.4) is 0 Å². The molecule has 98 valence electrons. The number of carbonyl (C=O) groups is 1. The Morgan fingerprint density at radius 2 is 2.24 bits per heavy atom. The summed E-state index contributed by atoms with van der Waals surface area (Å²) in [6.45, 7) is 7.43. The molecule has 2 aliphatic rings. The molecule has 1 amide bonds. The highest BCUT2D eigenvalue weighted by Gasteiger charge is 2.27. The first kappa shape index (κ1) is 12.8. The molecule has 2 heterocycles. The lowest BCUT2D eigenvalue weighted by Crippen LogP contribution is -2.53. The number of amides is 1. The second kappa shape index (κ2) is 6.33. The van der Waals surface area contributed by atoms with E-state index in [-0.39, 0.29) is 12.0 Å². The molecule has 5 heteroatoms. The van der Waals surface area contributed by atoms with Gasteiger partial charge in [0.1, 0.15) is 6.10 Å². The number of carbonyl (C=O) groups excluding carboxylic acids is 1. The van der Waals surface area contributed by atoms with Gasteiger partial charge in [-0.3, -0.25) is 9.69 Å². The molecule has 1 atom stereocenters. The maximum atomic E-state index is 12.0. The van der Waals surface area contributed by atoms with Gasteiger partial charge >= 0.3 is 0 Å². The van der Waals surface area contributed by atoms with E-state index in [0.717, 1.165) is 45.6 Å². The van der Waals surface area contributed by atoms with Gasteiger partial charge < -0.3 is 15.4 Å². The predicted molar refractivity (Wildman–Crippen MR) is 65.9 cm³/mol. The summed E-state index contributed by atoms with van der Waals surface area (Å²) >= 11 is 0. The van der Waals surface area contributed by atoms with Crippen LogP contribution in [0.2, 0.25) is 0 Å². The summed E-state index contributed by atoms with van der Waals surface area (Å²) in [7, 11) is 0. The Morgan fingerprint density at radius 1 is 1.47 bits per heavy atom. The Balaban J connectivity index is 1.78. The molecule has 2 aliphatic heterocycles. The number of morpholine rings is 1. The molecular formula is C12H23N3O2. The first-order valence-corrected chi connectivity index (χ1v) is 6.64. The molecule has 0 aromatic rings. The normalized spacial score (nSPS) is 27.9. The molecule has 0 saturated carbocycles. The van der Waals surface area contributed by atoms with Crippen molar-refractivity contribution in [1.82, 2.24) is 15.5 Å². The van der Waals surface area contributed by atoms with E-state index in [2.05, 4.69) is 22.5 Å². The molecule has 17 heavy (non-hydrogen) atoms. The zero-order valence-corrected chi connectivity index (χ0v) is 10.6. The van der Waals surface area contributed by atoms with Gasteiger partial charge in [-0.2, -0.15) is 0 Å². The fourth-order valence-electron chi connectivity index (χ4n) is 2.41. The number of ether oxygens (including phenoxy) is 1. The van der Waals surface area contributed by atoms with Crippen molar-refractivity contribution in [2.75, 3.05) is 39.3 Å². The number of hydrogen-bond donors (Lipinski definition) is 2. The van der Waals surface area contributed by atoms with Crippen LogP contribution in [0.4, 0.5) is 0 Å². The van der Waals surface area contributed by atoms with Gasteiger partial charge in [-0.1, -0.05) is 6.92 Å². The molecule has 0 aliphatic carbocycles. The van der Waals surface area contributed by atoms with Gasteiger partial charge in [0.2, 0.25) is 0 Å². The summed E-state index contributed by atoms with van der Waals surface area (Å²) in [5, 5.41) is 6.40. The van der Waals surface area contributed by atoms with Crippen molar-refractivity contribution >= 4 is 5.91 Å². The number of piperidine rings is 1. The third-order valence-corrected chi connectivity index (χ3v) is 3.58. The summed E-state index contributed by atoms with van der Waals surface area (Å²) < 4.78 is 5.54. The molecule has 0 aromatic carbocycles. The van der Waals surface area contributed by atoms with Crippen molar-refractivity contribution < 1.29 is 9.53 Å². The predicted octanol–water partition coefficient (Wildman–Crippen LogP) is -0.425. The minimum absolute atomic E-state index is 0.0649. The molecule has 2 saturated heterocycles. The number of nitrogens with one attached hydrogen (secondary N) is 2. The second-order valence-electron chi connectivity index (χ2n) is 4.79. The average Bonchev–Trinajstić information content (AvgIpc) is 2.40. The quantitative estimate of drug-likeness (QED) is 0.704. The highest BCUT2D eigenvalue weighted by atomic mass is 16.5.